The number of hydrogen-bond donors (Lipinski definition) is 1. The van der Waals surface area contributed by atoms with E-state index in [2.05, 4.69) is 22.3 Å². The average molecular weight is 370 g/mol. The number of nitrogens with one attached hydrogen (secondary N) is 1. The highest BCUT2D eigenvalue weighted by atomic mass is 16.3. The maximum atomic E-state index is 12.8. The Morgan fingerprint density at radius 3 is 2.63 bits per heavy atom. The number of aryl methyl sites for hydroxylation is 1. The lowest BCUT2D eigenvalue weighted by Crippen LogP contribution is -2.40. The molecule has 1 saturated heterocycles. The van der Waals surface area contributed by atoms with Gasteiger partial charge in [-0.25, -0.2) is 0 Å². The fourth-order valence-corrected chi connectivity index (χ4v) is 3.51. The van der Waals surface area contributed by atoms with Crippen molar-refractivity contribution in [3.63, 3.8) is 0 Å². The van der Waals surface area contributed by atoms with E-state index >= 15 is 0 Å². The maximum absolute atomic E-state index is 12.8. The molecule has 1 aromatic carbocycles. The second-order valence-corrected chi connectivity index (χ2v) is 7.29. The second-order valence-electron chi connectivity index (χ2n) is 7.29. The minimum atomic E-state index is 0.126. The first kappa shape index (κ1) is 19.6. The van der Waals surface area contributed by atoms with Crippen LogP contribution in [-0.2, 0) is 17.8 Å². The van der Waals surface area contributed by atoms with Gasteiger partial charge in [0.15, 0.2) is 0 Å². The van der Waals surface area contributed by atoms with Crippen LogP contribution in [0.3, 0.4) is 0 Å². The normalized spacial score (nSPS) is 14.6. The summed E-state index contributed by atoms with van der Waals surface area (Å²) < 4.78 is 5.69. The zero-order chi connectivity index (χ0) is 18.9. The van der Waals surface area contributed by atoms with Gasteiger partial charge in [0.1, 0.15) is 11.5 Å². The molecule has 146 valence electrons. The van der Waals surface area contributed by atoms with Crippen molar-refractivity contribution in [2.24, 2.45) is 0 Å². The molecule has 0 radical (unpaired) electrons. The molecule has 2 heterocycles. The predicted octanol–water partition coefficient (Wildman–Crippen LogP) is 2.84. The van der Waals surface area contributed by atoms with E-state index in [1.54, 1.807) is 0 Å². The van der Waals surface area contributed by atoms with E-state index in [1.807, 2.05) is 42.2 Å². The number of carbonyl (C=O) groups is 1. The molecule has 5 heteroatoms. The van der Waals surface area contributed by atoms with Gasteiger partial charge in [-0.15, -0.1) is 0 Å². The molecule has 1 aliphatic rings. The van der Waals surface area contributed by atoms with Gasteiger partial charge in [-0.3, -0.25) is 4.79 Å². The van der Waals surface area contributed by atoms with E-state index in [9.17, 15) is 4.79 Å². The second kappa shape index (κ2) is 10.3. The number of hydrogen-bond acceptors (Lipinski definition) is 4. The molecule has 27 heavy (non-hydrogen) atoms. The molecule has 1 amide bonds. The Morgan fingerprint density at radius 2 is 1.93 bits per heavy atom. The maximum Gasteiger partial charge on any atom is 0.236 e. The summed E-state index contributed by atoms with van der Waals surface area (Å²) in [5.74, 6) is 1.84. The zero-order valence-corrected chi connectivity index (χ0v) is 16.3. The van der Waals surface area contributed by atoms with Gasteiger partial charge in [0.2, 0.25) is 5.91 Å². The topological polar surface area (TPSA) is 48.7 Å². The number of amides is 1. The van der Waals surface area contributed by atoms with Crippen LogP contribution in [0.2, 0.25) is 0 Å². The van der Waals surface area contributed by atoms with Crippen molar-refractivity contribution in [2.75, 3.05) is 39.3 Å². The Morgan fingerprint density at radius 1 is 1.15 bits per heavy atom. The molecule has 0 spiro atoms. The third-order valence-corrected chi connectivity index (χ3v) is 5.09. The molecule has 1 fully saturated rings. The summed E-state index contributed by atoms with van der Waals surface area (Å²) in [4.78, 5) is 17.1. The van der Waals surface area contributed by atoms with Crippen molar-refractivity contribution >= 4 is 5.91 Å². The molecular formula is C22H31N3O2. The van der Waals surface area contributed by atoms with Gasteiger partial charge in [0.05, 0.1) is 13.1 Å². The van der Waals surface area contributed by atoms with Crippen molar-refractivity contribution in [1.82, 2.24) is 15.1 Å². The van der Waals surface area contributed by atoms with Crippen LogP contribution in [0.4, 0.5) is 0 Å². The van der Waals surface area contributed by atoms with E-state index < -0.39 is 0 Å². The summed E-state index contributed by atoms with van der Waals surface area (Å²) >= 11 is 0. The smallest absolute Gasteiger partial charge is 0.236 e. The fourth-order valence-electron chi connectivity index (χ4n) is 3.51. The molecule has 1 aliphatic heterocycles. The third-order valence-electron chi connectivity index (χ3n) is 5.09. The van der Waals surface area contributed by atoms with Gasteiger partial charge in [-0.1, -0.05) is 30.3 Å². The lowest BCUT2D eigenvalue weighted by molar-refractivity contribution is -0.131. The molecule has 0 bridgehead atoms. The molecule has 0 unspecified atom stereocenters. The number of rotatable bonds is 10. The Kier molecular flexibility index (Phi) is 7.48. The lowest BCUT2D eigenvalue weighted by atomic mass is 10.1. The summed E-state index contributed by atoms with van der Waals surface area (Å²) in [6.45, 7) is 7.78. The van der Waals surface area contributed by atoms with Gasteiger partial charge >= 0.3 is 0 Å². The minimum Gasteiger partial charge on any atom is -0.464 e. The largest absolute Gasteiger partial charge is 0.464 e. The molecule has 1 N–H and O–H groups in total. The van der Waals surface area contributed by atoms with E-state index in [1.165, 1.54) is 31.5 Å². The van der Waals surface area contributed by atoms with Crippen LogP contribution in [0.15, 0.2) is 46.9 Å². The van der Waals surface area contributed by atoms with Crippen LogP contribution < -0.4 is 5.32 Å². The SMILES string of the molecule is Cc1ccc(CN(CCc2ccccc2)C(=O)CNCCN2CCCC2)o1. The van der Waals surface area contributed by atoms with Crippen LogP contribution >= 0.6 is 0 Å². The van der Waals surface area contributed by atoms with Crippen LogP contribution in [0.1, 0.15) is 29.9 Å². The van der Waals surface area contributed by atoms with E-state index in [4.69, 9.17) is 4.42 Å². The Hall–Kier alpha value is -2.11. The van der Waals surface area contributed by atoms with Gasteiger partial charge in [0.25, 0.3) is 0 Å². The highest BCUT2D eigenvalue weighted by Crippen LogP contribution is 2.11. The number of likely N-dealkylation sites (tertiary alicyclic amines) is 1. The number of benzene rings is 1. The van der Waals surface area contributed by atoms with E-state index in [0.29, 0.717) is 19.6 Å². The summed E-state index contributed by atoms with van der Waals surface area (Å²) in [5.41, 5.74) is 1.24. The Labute approximate surface area is 162 Å². The van der Waals surface area contributed by atoms with Crippen molar-refractivity contribution in [2.45, 2.75) is 32.7 Å². The van der Waals surface area contributed by atoms with Gasteiger partial charge in [0, 0.05) is 19.6 Å². The Balaban J connectivity index is 1.50. The first-order valence-corrected chi connectivity index (χ1v) is 10.0. The fraction of sp³-hybridized carbons (Fsp3) is 0.500. The first-order valence-electron chi connectivity index (χ1n) is 10.0. The lowest BCUT2D eigenvalue weighted by Gasteiger charge is -2.22. The predicted molar refractivity (Wildman–Crippen MR) is 108 cm³/mol. The van der Waals surface area contributed by atoms with E-state index in [0.717, 1.165) is 31.0 Å². The molecule has 0 atom stereocenters. The summed E-state index contributed by atoms with van der Waals surface area (Å²) in [7, 11) is 0. The Bertz CT molecular complexity index is 693. The number of nitrogens with zero attached hydrogens (tertiary/aromatic N) is 2. The average Bonchev–Trinajstić information content (AvgIpc) is 3.34. The molecule has 5 nitrogen and oxygen atoms in total. The van der Waals surface area contributed by atoms with Crippen molar-refractivity contribution in [3.8, 4) is 0 Å². The van der Waals surface area contributed by atoms with Gasteiger partial charge in [-0.05, 0) is 57.0 Å². The molecule has 0 saturated carbocycles. The van der Waals surface area contributed by atoms with Crippen molar-refractivity contribution < 1.29 is 9.21 Å². The van der Waals surface area contributed by atoms with Gasteiger partial charge < -0.3 is 19.5 Å². The summed E-state index contributed by atoms with van der Waals surface area (Å²) in [6, 6.07) is 14.2. The molecule has 2 aromatic rings. The standard InChI is InChI=1S/C22H31N3O2/c1-19-9-10-21(27-19)18-25(15-11-20-7-3-2-4-8-20)22(26)17-23-12-16-24-13-5-6-14-24/h2-4,7-10,23H,5-6,11-18H2,1H3. The third kappa shape index (κ3) is 6.52. The highest BCUT2D eigenvalue weighted by Gasteiger charge is 2.16. The number of furan rings is 1. The molecule has 3 rings (SSSR count). The molecular weight excluding hydrogens is 338 g/mol. The van der Waals surface area contributed by atoms with Gasteiger partial charge in [-0.2, -0.15) is 0 Å². The monoisotopic (exact) mass is 369 g/mol. The quantitative estimate of drug-likeness (QED) is 0.654. The van der Waals surface area contributed by atoms with Crippen LogP contribution in [0, 0.1) is 6.92 Å². The molecule has 1 aromatic heterocycles. The first-order chi connectivity index (χ1) is 13.2. The molecule has 0 aliphatic carbocycles. The van der Waals surface area contributed by atoms with Crippen LogP contribution in [-0.4, -0.2) is 55.0 Å². The van der Waals surface area contributed by atoms with E-state index in [-0.39, 0.29) is 5.91 Å². The summed E-state index contributed by atoms with van der Waals surface area (Å²) in [6.07, 6.45) is 3.45. The van der Waals surface area contributed by atoms with Crippen LogP contribution in [0.5, 0.6) is 0 Å². The summed E-state index contributed by atoms with van der Waals surface area (Å²) in [5, 5.41) is 3.32. The highest BCUT2D eigenvalue weighted by molar-refractivity contribution is 5.78. The van der Waals surface area contributed by atoms with Crippen LogP contribution in [0.25, 0.3) is 0 Å². The number of carbonyl (C=O) groups excluding carboxylic acids is 1. The zero-order valence-electron chi connectivity index (χ0n) is 16.3. The minimum absolute atomic E-state index is 0.126. The van der Waals surface area contributed by atoms with Crippen molar-refractivity contribution in [1.29, 1.82) is 0 Å². The van der Waals surface area contributed by atoms with Crippen molar-refractivity contribution in [3.05, 3.63) is 59.5 Å².